The van der Waals surface area contributed by atoms with Crippen LogP contribution in [0.3, 0.4) is 0 Å². The number of carbonyl (C=O) groups is 1. The summed E-state index contributed by atoms with van der Waals surface area (Å²) in [6, 6.07) is 7.14. The summed E-state index contributed by atoms with van der Waals surface area (Å²) in [5.74, 6) is 0.0155. The highest BCUT2D eigenvalue weighted by Gasteiger charge is 2.07. The second-order valence-electron chi connectivity index (χ2n) is 4.04. The summed E-state index contributed by atoms with van der Waals surface area (Å²) in [5, 5.41) is 1.72. The Bertz CT molecular complexity index is 796. The second-order valence-corrected chi connectivity index (χ2v) is 4.04. The Morgan fingerprint density at radius 2 is 2.00 bits per heavy atom. The number of aromatic nitrogens is 2. The van der Waals surface area contributed by atoms with Crippen molar-refractivity contribution in [1.29, 1.82) is 0 Å². The number of ketones is 1. The largest absolute Gasteiger partial charge is 0.357 e. The number of aromatic amines is 2. The maximum Gasteiger partial charge on any atom is 0.272 e. The molecule has 0 fully saturated rings. The van der Waals surface area contributed by atoms with E-state index >= 15 is 0 Å². The molecule has 3 rings (SSSR count). The van der Waals surface area contributed by atoms with Crippen molar-refractivity contribution in [2.45, 2.75) is 6.92 Å². The molecule has 0 saturated heterocycles. The van der Waals surface area contributed by atoms with Crippen molar-refractivity contribution in [2.24, 2.45) is 0 Å². The molecule has 17 heavy (non-hydrogen) atoms. The number of carbonyl (C=O) groups excluding carboxylic acids is 1. The molecule has 0 aliphatic rings. The highest BCUT2D eigenvalue weighted by Crippen LogP contribution is 2.21. The summed E-state index contributed by atoms with van der Waals surface area (Å²) in [6.07, 6.45) is 1.72. The van der Waals surface area contributed by atoms with E-state index in [9.17, 15) is 9.59 Å². The highest BCUT2D eigenvalue weighted by atomic mass is 16.1. The predicted molar refractivity (Wildman–Crippen MR) is 66.4 cm³/mol. The van der Waals surface area contributed by atoms with E-state index in [1.165, 1.54) is 6.92 Å². The van der Waals surface area contributed by atoms with Crippen LogP contribution in [-0.4, -0.2) is 15.8 Å². The van der Waals surface area contributed by atoms with Gasteiger partial charge in [-0.25, -0.2) is 0 Å². The van der Waals surface area contributed by atoms with Gasteiger partial charge >= 0.3 is 0 Å². The fraction of sp³-hybridized carbons (Fsp3) is 0.0769. The van der Waals surface area contributed by atoms with E-state index in [0.29, 0.717) is 11.1 Å². The molecular weight excluding hydrogens is 216 g/mol. The molecule has 0 radical (unpaired) electrons. The van der Waals surface area contributed by atoms with Crippen LogP contribution < -0.4 is 5.56 Å². The summed E-state index contributed by atoms with van der Waals surface area (Å²) < 4.78 is 0. The lowest BCUT2D eigenvalue weighted by Crippen LogP contribution is -2.06. The van der Waals surface area contributed by atoms with E-state index in [0.717, 1.165) is 16.3 Å². The third kappa shape index (κ3) is 1.38. The maximum absolute atomic E-state index is 11.7. The summed E-state index contributed by atoms with van der Waals surface area (Å²) in [6.45, 7) is 1.53. The van der Waals surface area contributed by atoms with Gasteiger partial charge in [0, 0.05) is 28.0 Å². The first-order valence-electron chi connectivity index (χ1n) is 5.31. The van der Waals surface area contributed by atoms with Crippen LogP contribution in [0.1, 0.15) is 17.3 Å². The Hall–Kier alpha value is -2.36. The lowest BCUT2D eigenvalue weighted by Gasteiger charge is -2.02. The van der Waals surface area contributed by atoms with Gasteiger partial charge in [-0.2, -0.15) is 0 Å². The van der Waals surface area contributed by atoms with E-state index in [1.807, 2.05) is 12.1 Å². The first-order valence-corrected chi connectivity index (χ1v) is 5.31. The second kappa shape index (κ2) is 3.31. The van der Waals surface area contributed by atoms with Gasteiger partial charge in [0.15, 0.2) is 5.78 Å². The van der Waals surface area contributed by atoms with Gasteiger partial charge in [0.25, 0.3) is 5.56 Å². The minimum absolute atomic E-state index is 0.0155. The van der Waals surface area contributed by atoms with Gasteiger partial charge in [-0.3, -0.25) is 9.59 Å². The van der Waals surface area contributed by atoms with Gasteiger partial charge in [0.2, 0.25) is 0 Å². The first-order chi connectivity index (χ1) is 8.16. The van der Waals surface area contributed by atoms with E-state index in [4.69, 9.17) is 0 Å². The van der Waals surface area contributed by atoms with E-state index < -0.39 is 0 Å². The molecule has 0 saturated carbocycles. The molecule has 84 valence electrons. The van der Waals surface area contributed by atoms with Crippen molar-refractivity contribution in [3.8, 4) is 0 Å². The summed E-state index contributed by atoms with van der Waals surface area (Å²) >= 11 is 0. The maximum atomic E-state index is 11.7. The van der Waals surface area contributed by atoms with E-state index in [2.05, 4.69) is 9.97 Å². The van der Waals surface area contributed by atoms with Crippen LogP contribution in [0, 0.1) is 0 Å². The van der Waals surface area contributed by atoms with E-state index in [1.54, 1.807) is 18.3 Å². The zero-order valence-electron chi connectivity index (χ0n) is 9.20. The van der Waals surface area contributed by atoms with Gasteiger partial charge in [-0.15, -0.1) is 0 Å². The smallest absolute Gasteiger partial charge is 0.272 e. The number of hydrogen-bond acceptors (Lipinski definition) is 2. The fourth-order valence-electron chi connectivity index (χ4n) is 2.06. The summed E-state index contributed by atoms with van der Waals surface area (Å²) in [5.41, 5.74) is 1.78. The van der Waals surface area contributed by atoms with Crippen LogP contribution in [0.2, 0.25) is 0 Å². The molecule has 0 aliphatic heterocycles. The zero-order valence-corrected chi connectivity index (χ0v) is 9.20. The normalized spacial score (nSPS) is 11.1. The van der Waals surface area contributed by atoms with Crippen molar-refractivity contribution in [1.82, 2.24) is 9.97 Å². The number of pyridine rings is 1. The van der Waals surface area contributed by atoms with Gasteiger partial charge in [0.05, 0.1) is 0 Å². The first kappa shape index (κ1) is 9.84. The minimum atomic E-state index is -0.145. The average Bonchev–Trinajstić information content (AvgIpc) is 2.78. The molecule has 0 unspecified atom stereocenters. The number of rotatable bonds is 1. The van der Waals surface area contributed by atoms with Gasteiger partial charge in [-0.05, 0) is 31.2 Å². The lowest BCUT2D eigenvalue weighted by atomic mass is 10.1. The fourth-order valence-corrected chi connectivity index (χ4v) is 2.06. The Morgan fingerprint density at radius 3 is 2.76 bits per heavy atom. The van der Waals surface area contributed by atoms with Gasteiger partial charge in [-0.1, -0.05) is 0 Å². The molecule has 0 spiro atoms. The number of H-pyrrole nitrogens is 2. The summed E-state index contributed by atoms with van der Waals surface area (Å²) in [7, 11) is 0. The van der Waals surface area contributed by atoms with Crippen LogP contribution in [0.5, 0.6) is 0 Å². The molecule has 2 aromatic heterocycles. The molecule has 4 heteroatoms. The lowest BCUT2D eigenvalue weighted by molar-refractivity contribution is 0.101. The molecule has 4 nitrogen and oxygen atoms in total. The van der Waals surface area contributed by atoms with Crippen molar-refractivity contribution in [3.05, 3.63) is 46.4 Å². The quantitative estimate of drug-likeness (QED) is 0.625. The van der Waals surface area contributed by atoms with Crippen LogP contribution in [-0.2, 0) is 0 Å². The average molecular weight is 226 g/mol. The number of nitrogens with one attached hydrogen (secondary N) is 2. The molecule has 3 aromatic rings. The topological polar surface area (TPSA) is 65.7 Å². The molecule has 1 aromatic carbocycles. The van der Waals surface area contributed by atoms with E-state index in [-0.39, 0.29) is 11.3 Å². The Labute approximate surface area is 96.3 Å². The highest BCUT2D eigenvalue weighted by molar-refractivity contribution is 6.07. The monoisotopic (exact) mass is 226 g/mol. The van der Waals surface area contributed by atoms with Gasteiger partial charge < -0.3 is 9.97 Å². The molecule has 0 aliphatic carbocycles. The SMILES string of the molecule is CC(=O)c1ccc2[nH]c(=O)c3[nH]ccc3c2c1. The molecule has 0 atom stereocenters. The Kier molecular flexibility index (Phi) is 1.92. The minimum Gasteiger partial charge on any atom is -0.357 e. The molecule has 2 heterocycles. The zero-order chi connectivity index (χ0) is 12.0. The molecular formula is C13H10N2O2. The number of benzene rings is 1. The molecule has 0 amide bonds. The van der Waals surface area contributed by atoms with Crippen molar-refractivity contribution in [2.75, 3.05) is 0 Å². The van der Waals surface area contributed by atoms with Crippen molar-refractivity contribution >= 4 is 27.6 Å². The third-order valence-electron chi connectivity index (χ3n) is 2.94. The van der Waals surface area contributed by atoms with Crippen molar-refractivity contribution in [3.63, 3.8) is 0 Å². The number of fused-ring (bicyclic) bond motifs is 3. The number of Topliss-reactive ketones (excluding diaryl/α,β-unsaturated/α-hetero) is 1. The van der Waals surface area contributed by atoms with Crippen molar-refractivity contribution < 1.29 is 4.79 Å². The Balaban J connectivity index is 2.53. The standard InChI is InChI=1S/C13H10N2O2/c1-7(16)8-2-3-11-10(6-8)9-4-5-14-12(9)13(17)15-11/h2-6,14H,1H3,(H,15,17). The van der Waals surface area contributed by atoms with Crippen LogP contribution >= 0.6 is 0 Å². The van der Waals surface area contributed by atoms with Crippen LogP contribution in [0.15, 0.2) is 35.3 Å². The van der Waals surface area contributed by atoms with Crippen LogP contribution in [0.25, 0.3) is 21.8 Å². The van der Waals surface area contributed by atoms with Gasteiger partial charge in [0.1, 0.15) is 5.52 Å². The van der Waals surface area contributed by atoms with Crippen LogP contribution in [0.4, 0.5) is 0 Å². The predicted octanol–water partition coefficient (Wildman–Crippen LogP) is 2.21. The number of hydrogen-bond donors (Lipinski definition) is 2. The third-order valence-corrected chi connectivity index (χ3v) is 2.94. The summed E-state index contributed by atoms with van der Waals surface area (Å²) in [4.78, 5) is 28.8. The Morgan fingerprint density at radius 1 is 1.18 bits per heavy atom. The molecule has 0 bridgehead atoms. The molecule has 2 N–H and O–H groups in total.